The molecule has 1 saturated heterocycles. The van der Waals surface area contributed by atoms with E-state index in [2.05, 4.69) is 10.2 Å². The second-order valence-corrected chi connectivity index (χ2v) is 9.61. The van der Waals surface area contributed by atoms with Gasteiger partial charge in [-0.15, -0.1) is 0 Å². The van der Waals surface area contributed by atoms with Gasteiger partial charge in [0.1, 0.15) is 5.75 Å². The fourth-order valence-electron chi connectivity index (χ4n) is 4.51. The fraction of sp³-hybridized carbons (Fsp3) is 0.355. The van der Waals surface area contributed by atoms with Gasteiger partial charge >= 0.3 is 0 Å². The van der Waals surface area contributed by atoms with E-state index in [9.17, 15) is 9.59 Å². The topological polar surface area (TPSA) is 71.1 Å². The molecular weight excluding hydrogens is 478 g/mol. The first-order valence-corrected chi connectivity index (χ1v) is 13.2. The minimum atomic E-state index is -0.130. The van der Waals surface area contributed by atoms with Gasteiger partial charge in [0.25, 0.3) is 5.91 Å². The maximum Gasteiger partial charge on any atom is 0.258 e. The highest BCUT2D eigenvalue weighted by atomic mass is 16.5. The molecule has 0 saturated carbocycles. The van der Waals surface area contributed by atoms with Crippen molar-refractivity contribution in [2.24, 2.45) is 0 Å². The van der Waals surface area contributed by atoms with Crippen LogP contribution >= 0.6 is 0 Å². The van der Waals surface area contributed by atoms with E-state index >= 15 is 0 Å². The lowest BCUT2D eigenvalue weighted by molar-refractivity contribution is -0.120. The Bertz CT molecular complexity index is 1210. The van der Waals surface area contributed by atoms with E-state index in [1.54, 1.807) is 24.1 Å². The third-order valence-corrected chi connectivity index (χ3v) is 6.69. The average Bonchev–Trinajstić information content (AvgIpc) is 2.95. The molecule has 1 fully saturated rings. The van der Waals surface area contributed by atoms with Crippen molar-refractivity contribution in [1.82, 2.24) is 10.2 Å². The Balaban J connectivity index is 1.44. The number of rotatable bonds is 11. The van der Waals surface area contributed by atoms with Crippen molar-refractivity contribution in [3.63, 3.8) is 0 Å². The molecule has 3 aromatic carbocycles. The second kappa shape index (κ2) is 13.7. The van der Waals surface area contributed by atoms with E-state index in [4.69, 9.17) is 9.47 Å². The Morgan fingerprint density at radius 2 is 1.74 bits per heavy atom. The van der Waals surface area contributed by atoms with Crippen LogP contribution in [0.5, 0.6) is 5.75 Å². The summed E-state index contributed by atoms with van der Waals surface area (Å²) in [6, 6.07) is 23.0. The lowest BCUT2D eigenvalue weighted by atomic mass is 10.1. The zero-order chi connectivity index (χ0) is 26.7. The lowest BCUT2D eigenvalue weighted by Crippen LogP contribution is -2.38. The summed E-state index contributed by atoms with van der Waals surface area (Å²) >= 11 is 0. The van der Waals surface area contributed by atoms with Gasteiger partial charge in [-0.3, -0.25) is 14.5 Å². The summed E-state index contributed by atoms with van der Waals surface area (Å²) in [5.41, 5.74) is 4.34. The SMILES string of the molecule is COc1cccc(C(=O)N(Cc2ccc(C)cc2)c2cccc(CC(=O)NCCCN3CCOCC3)c2)c1. The van der Waals surface area contributed by atoms with Crippen LogP contribution < -0.4 is 15.0 Å². The van der Waals surface area contributed by atoms with Crippen LogP contribution in [0.25, 0.3) is 0 Å². The third-order valence-electron chi connectivity index (χ3n) is 6.69. The minimum absolute atomic E-state index is 0.0201. The number of nitrogens with one attached hydrogen (secondary N) is 1. The molecule has 0 atom stereocenters. The van der Waals surface area contributed by atoms with Crippen molar-refractivity contribution < 1.29 is 19.1 Å². The van der Waals surface area contributed by atoms with Gasteiger partial charge in [0.15, 0.2) is 0 Å². The first kappa shape index (κ1) is 27.4. The van der Waals surface area contributed by atoms with Gasteiger partial charge in [-0.2, -0.15) is 0 Å². The van der Waals surface area contributed by atoms with E-state index in [1.807, 2.05) is 67.6 Å². The highest BCUT2D eigenvalue weighted by Gasteiger charge is 2.20. The molecule has 1 aliphatic rings. The molecule has 0 aromatic heterocycles. The lowest BCUT2D eigenvalue weighted by Gasteiger charge is -2.26. The first-order chi connectivity index (χ1) is 18.5. The molecule has 1 N–H and O–H groups in total. The Morgan fingerprint density at radius 1 is 0.974 bits per heavy atom. The maximum absolute atomic E-state index is 13.7. The van der Waals surface area contributed by atoms with E-state index in [-0.39, 0.29) is 18.2 Å². The Morgan fingerprint density at radius 3 is 2.50 bits per heavy atom. The number of hydrogen-bond acceptors (Lipinski definition) is 5. The van der Waals surface area contributed by atoms with Crippen LogP contribution in [-0.4, -0.2) is 63.2 Å². The van der Waals surface area contributed by atoms with Gasteiger partial charge in [0.05, 0.1) is 33.3 Å². The summed E-state index contributed by atoms with van der Waals surface area (Å²) in [6.07, 6.45) is 1.17. The third kappa shape index (κ3) is 7.91. The number of benzene rings is 3. The molecular formula is C31H37N3O4. The van der Waals surface area contributed by atoms with Crippen molar-refractivity contribution in [1.29, 1.82) is 0 Å². The van der Waals surface area contributed by atoms with Crippen LogP contribution in [0.3, 0.4) is 0 Å². The molecule has 7 heteroatoms. The monoisotopic (exact) mass is 515 g/mol. The molecule has 0 unspecified atom stereocenters. The first-order valence-electron chi connectivity index (χ1n) is 13.2. The standard InChI is InChI=1S/C31H37N3O4/c1-24-10-12-25(13-11-24)23-34(31(36)27-7-4-9-29(22-27)37-2)28-8-3-6-26(20-28)21-30(35)32-14-5-15-33-16-18-38-19-17-33/h3-4,6-13,20,22H,5,14-19,21,23H2,1-2H3,(H,32,35). The molecule has 3 aromatic rings. The van der Waals surface area contributed by atoms with Crippen LogP contribution in [0, 0.1) is 6.92 Å². The molecule has 1 heterocycles. The molecule has 2 amide bonds. The molecule has 0 bridgehead atoms. The smallest absolute Gasteiger partial charge is 0.258 e. The van der Waals surface area contributed by atoms with Crippen molar-refractivity contribution in [2.75, 3.05) is 51.4 Å². The Hall–Kier alpha value is -3.68. The zero-order valence-corrected chi connectivity index (χ0v) is 22.3. The Labute approximate surface area is 225 Å². The van der Waals surface area contributed by atoms with Crippen molar-refractivity contribution in [2.45, 2.75) is 26.3 Å². The molecule has 0 aliphatic carbocycles. The summed E-state index contributed by atoms with van der Waals surface area (Å²) < 4.78 is 10.7. The van der Waals surface area contributed by atoms with Gasteiger partial charge in [-0.25, -0.2) is 0 Å². The molecule has 200 valence electrons. The predicted octanol–water partition coefficient (Wildman–Crippen LogP) is 4.23. The number of ether oxygens (including phenoxy) is 2. The van der Waals surface area contributed by atoms with Crippen LogP contribution in [0.4, 0.5) is 5.69 Å². The zero-order valence-electron chi connectivity index (χ0n) is 22.3. The van der Waals surface area contributed by atoms with E-state index in [0.29, 0.717) is 24.4 Å². The molecule has 7 nitrogen and oxygen atoms in total. The molecule has 0 spiro atoms. The number of amides is 2. The number of hydrogen-bond donors (Lipinski definition) is 1. The van der Waals surface area contributed by atoms with Crippen LogP contribution in [0.15, 0.2) is 72.8 Å². The van der Waals surface area contributed by atoms with Crippen LogP contribution in [-0.2, 0) is 22.5 Å². The van der Waals surface area contributed by atoms with Crippen molar-refractivity contribution in [3.05, 3.63) is 95.1 Å². The van der Waals surface area contributed by atoms with Gasteiger partial charge in [0.2, 0.25) is 5.91 Å². The number of aryl methyl sites for hydroxylation is 1. The van der Waals surface area contributed by atoms with Crippen molar-refractivity contribution in [3.8, 4) is 5.75 Å². The molecule has 0 radical (unpaired) electrons. The van der Waals surface area contributed by atoms with Gasteiger partial charge in [-0.05, 0) is 61.3 Å². The summed E-state index contributed by atoms with van der Waals surface area (Å²) in [4.78, 5) is 30.5. The number of morpholine rings is 1. The summed E-state index contributed by atoms with van der Waals surface area (Å²) in [7, 11) is 1.59. The van der Waals surface area contributed by atoms with Crippen LogP contribution in [0.1, 0.15) is 33.5 Å². The Kier molecular flexibility index (Phi) is 9.90. The maximum atomic E-state index is 13.7. The van der Waals surface area contributed by atoms with E-state index < -0.39 is 0 Å². The highest BCUT2D eigenvalue weighted by Crippen LogP contribution is 2.24. The quantitative estimate of drug-likeness (QED) is 0.387. The largest absolute Gasteiger partial charge is 0.497 e. The summed E-state index contributed by atoms with van der Waals surface area (Å²) in [6.45, 7) is 7.52. The summed E-state index contributed by atoms with van der Waals surface area (Å²) in [5, 5.41) is 3.03. The van der Waals surface area contributed by atoms with Crippen molar-refractivity contribution >= 4 is 17.5 Å². The van der Waals surface area contributed by atoms with E-state index in [0.717, 1.165) is 61.6 Å². The predicted molar refractivity (Wildman–Crippen MR) is 150 cm³/mol. The minimum Gasteiger partial charge on any atom is -0.497 e. The van der Waals surface area contributed by atoms with Gasteiger partial charge < -0.3 is 19.7 Å². The summed E-state index contributed by atoms with van der Waals surface area (Å²) in [5.74, 6) is 0.479. The highest BCUT2D eigenvalue weighted by molar-refractivity contribution is 6.06. The fourth-order valence-corrected chi connectivity index (χ4v) is 4.51. The average molecular weight is 516 g/mol. The second-order valence-electron chi connectivity index (χ2n) is 9.61. The van der Waals surface area contributed by atoms with E-state index in [1.165, 1.54) is 0 Å². The number of carbonyl (C=O) groups excluding carboxylic acids is 2. The number of anilines is 1. The number of carbonyl (C=O) groups is 2. The molecule has 1 aliphatic heterocycles. The number of methoxy groups -OCH3 is 1. The van der Waals surface area contributed by atoms with Crippen LogP contribution in [0.2, 0.25) is 0 Å². The number of nitrogens with zero attached hydrogens (tertiary/aromatic N) is 2. The van der Waals surface area contributed by atoms with Gasteiger partial charge in [-0.1, -0.05) is 48.0 Å². The molecule has 38 heavy (non-hydrogen) atoms. The normalized spacial score (nSPS) is 13.6. The van der Waals surface area contributed by atoms with Gasteiger partial charge in [0, 0.05) is 30.9 Å². The molecule has 4 rings (SSSR count).